The monoisotopic (exact) mass is 219 g/mol. The van der Waals surface area contributed by atoms with E-state index in [1.165, 1.54) is 4.90 Å². The number of aryl methyl sites for hydroxylation is 1. The average molecular weight is 219 g/mol. The molecular formula is C11H17N5. The van der Waals surface area contributed by atoms with Crippen molar-refractivity contribution in [3.8, 4) is 6.19 Å². The molecule has 0 radical (unpaired) electrons. The molecule has 1 aromatic rings. The summed E-state index contributed by atoms with van der Waals surface area (Å²) in [5, 5.41) is 8.82. The molecule has 5 nitrogen and oxygen atoms in total. The van der Waals surface area contributed by atoms with Gasteiger partial charge in [-0.25, -0.2) is 9.97 Å². The summed E-state index contributed by atoms with van der Waals surface area (Å²) in [6.07, 6.45) is 2.04. The Balaban J connectivity index is 3.12. The minimum atomic E-state index is 0.636. The highest BCUT2D eigenvalue weighted by Gasteiger charge is 2.09. The van der Waals surface area contributed by atoms with Crippen molar-refractivity contribution in [3.05, 3.63) is 11.9 Å². The van der Waals surface area contributed by atoms with E-state index in [9.17, 15) is 0 Å². The Bertz CT molecular complexity index is 392. The topological polar surface area (TPSA) is 56.0 Å². The van der Waals surface area contributed by atoms with Gasteiger partial charge < -0.3 is 4.90 Å². The van der Waals surface area contributed by atoms with Crippen molar-refractivity contribution in [1.29, 1.82) is 5.26 Å². The number of nitriles is 1. The SMILES string of the molecule is CCN(CC)c1cc(N(C)C#N)nc(C)n1. The molecule has 16 heavy (non-hydrogen) atoms. The molecule has 0 aliphatic heterocycles. The van der Waals surface area contributed by atoms with Crippen LogP contribution in [0.5, 0.6) is 0 Å². The van der Waals surface area contributed by atoms with Crippen LogP contribution in [0, 0.1) is 18.4 Å². The molecule has 1 heterocycles. The highest BCUT2D eigenvalue weighted by molar-refractivity contribution is 5.52. The predicted molar refractivity (Wildman–Crippen MR) is 64.3 cm³/mol. The number of aromatic nitrogens is 2. The molecule has 0 spiro atoms. The van der Waals surface area contributed by atoms with Crippen LogP contribution in [0.25, 0.3) is 0 Å². The zero-order valence-corrected chi connectivity index (χ0v) is 10.2. The molecule has 0 unspecified atom stereocenters. The van der Waals surface area contributed by atoms with Gasteiger partial charge >= 0.3 is 0 Å². The molecule has 0 amide bonds. The third-order valence-electron chi connectivity index (χ3n) is 2.39. The van der Waals surface area contributed by atoms with Gasteiger partial charge in [0.1, 0.15) is 17.5 Å². The first-order valence-electron chi connectivity index (χ1n) is 5.36. The van der Waals surface area contributed by atoms with Crippen molar-refractivity contribution in [2.24, 2.45) is 0 Å². The Morgan fingerprint density at radius 3 is 2.31 bits per heavy atom. The van der Waals surface area contributed by atoms with Gasteiger partial charge in [0.25, 0.3) is 0 Å². The largest absolute Gasteiger partial charge is 0.357 e. The van der Waals surface area contributed by atoms with E-state index in [2.05, 4.69) is 28.7 Å². The van der Waals surface area contributed by atoms with Gasteiger partial charge in [0.15, 0.2) is 6.19 Å². The first-order chi connectivity index (χ1) is 7.62. The van der Waals surface area contributed by atoms with E-state index in [4.69, 9.17) is 5.26 Å². The van der Waals surface area contributed by atoms with Crippen LogP contribution in [-0.2, 0) is 0 Å². The molecule has 1 rings (SSSR count). The van der Waals surface area contributed by atoms with E-state index >= 15 is 0 Å². The molecule has 0 fully saturated rings. The maximum Gasteiger partial charge on any atom is 0.185 e. The van der Waals surface area contributed by atoms with Crippen molar-refractivity contribution in [3.63, 3.8) is 0 Å². The van der Waals surface area contributed by atoms with Gasteiger partial charge in [-0.3, -0.25) is 4.90 Å². The summed E-state index contributed by atoms with van der Waals surface area (Å²) in [5.41, 5.74) is 0. The summed E-state index contributed by atoms with van der Waals surface area (Å²) in [6.45, 7) is 7.77. The lowest BCUT2D eigenvalue weighted by Gasteiger charge is -2.21. The number of hydrogen-bond acceptors (Lipinski definition) is 5. The van der Waals surface area contributed by atoms with Crippen LogP contribution in [0.2, 0.25) is 0 Å². The van der Waals surface area contributed by atoms with Gasteiger partial charge in [0, 0.05) is 26.2 Å². The van der Waals surface area contributed by atoms with E-state index in [-0.39, 0.29) is 0 Å². The van der Waals surface area contributed by atoms with E-state index < -0.39 is 0 Å². The lowest BCUT2D eigenvalue weighted by Crippen LogP contribution is -2.24. The van der Waals surface area contributed by atoms with E-state index in [0.717, 1.165) is 18.9 Å². The second-order valence-corrected chi connectivity index (χ2v) is 3.46. The second-order valence-electron chi connectivity index (χ2n) is 3.46. The zero-order valence-electron chi connectivity index (χ0n) is 10.2. The van der Waals surface area contributed by atoms with Crippen molar-refractivity contribution in [2.45, 2.75) is 20.8 Å². The number of anilines is 2. The molecule has 0 aromatic carbocycles. The first-order valence-corrected chi connectivity index (χ1v) is 5.36. The minimum absolute atomic E-state index is 0.636. The normalized spacial score (nSPS) is 9.69. The first kappa shape index (κ1) is 12.2. The summed E-state index contributed by atoms with van der Waals surface area (Å²) < 4.78 is 0. The quantitative estimate of drug-likeness (QED) is 0.568. The van der Waals surface area contributed by atoms with Crippen molar-refractivity contribution in [1.82, 2.24) is 9.97 Å². The average Bonchev–Trinajstić information content (AvgIpc) is 2.29. The molecule has 1 aromatic heterocycles. The highest BCUT2D eigenvalue weighted by atomic mass is 15.2. The fraction of sp³-hybridized carbons (Fsp3) is 0.545. The smallest absolute Gasteiger partial charge is 0.185 e. The molecule has 0 saturated carbocycles. The van der Waals surface area contributed by atoms with Gasteiger partial charge in [0.05, 0.1) is 0 Å². The van der Waals surface area contributed by atoms with Crippen molar-refractivity contribution in [2.75, 3.05) is 29.9 Å². The highest BCUT2D eigenvalue weighted by Crippen LogP contribution is 2.17. The minimum Gasteiger partial charge on any atom is -0.357 e. The van der Waals surface area contributed by atoms with Crippen LogP contribution in [0.15, 0.2) is 6.07 Å². The van der Waals surface area contributed by atoms with E-state index in [0.29, 0.717) is 11.6 Å². The molecule has 0 aliphatic rings. The predicted octanol–water partition coefficient (Wildman–Crippen LogP) is 1.55. The molecule has 5 heteroatoms. The molecule has 0 bridgehead atoms. The Morgan fingerprint density at radius 2 is 1.81 bits per heavy atom. The summed E-state index contributed by atoms with van der Waals surface area (Å²) >= 11 is 0. The maximum atomic E-state index is 8.82. The summed E-state index contributed by atoms with van der Waals surface area (Å²) in [6, 6.07) is 1.84. The Kier molecular flexibility index (Phi) is 4.06. The van der Waals surface area contributed by atoms with Crippen LogP contribution in [0.3, 0.4) is 0 Å². The van der Waals surface area contributed by atoms with Gasteiger partial charge in [-0.2, -0.15) is 5.26 Å². The number of rotatable bonds is 4. The summed E-state index contributed by atoms with van der Waals surface area (Å²) in [4.78, 5) is 12.2. The lowest BCUT2D eigenvalue weighted by molar-refractivity contribution is 0.832. The third kappa shape index (κ3) is 2.60. The second kappa shape index (κ2) is 5.31. The van der Waals surface area contributed by atoms with Gasteiger partial charge in [-0.15, -0.1) is 0 Å². The van der Waals surface area contributed by atoms with Crippen LogP contribution in [-0.4, -0.2) is 30.1 Å². The fourth-order valence-corrected chi connectivity index (χ4v) is 1.47. The number of hydrogen-bond donors (Lipinski definition) is 0. The van der Waals surface area contributed by atoms with Gasteiger partial charge in [0.2, 0.25) is 0 Å². The molecule has 0 aliphatic carbocycles. The van der Waals surface area contributed by atoms with E-state index in [1.807, 2.05) is 19.2 Å². The zero-order chi connectivity index (χ0) is 12.1. The summed E-state index contributed by atoms with van der Waals surface area (Å²) in [5.74, 6) is 2.19. The Morgan fingerprint density at radius 1 is 1.25 bits per heavy atom. The summed E-state index contributed by atoms with van der Waals surface area (Å²) in [7, 11) is 1.69. The number of nitrogens with zero attached hydrogens (tertiary/aromatic N) is 5. The molecule has 0 saturated heterocycles. The standard InChI is InChI=1S/C11H17N5/c1-5-16(6-2)11-7-10(15(4)8-12)13-9(3)14-11/h7H,5-6H2,1-4H3. The van der Waals surface area contributed by atoms with E-state index in [1.54, 1.807) is 7.05 Å². The fourth-order valence-electron chi connectivity index (χ4n) is 1.47. The molecule has 0 atom stereocenters. The van der Waals surface area contributed by atoms with Crippen LogP contribution < -0.4 is 9.80 Å². The molecular weight excluding hydrogens is 202 g/mol. The van der Waals surface area contributed by atoms with Gasteiger partial charge in [-0.05, 0) is 20.8 Å². The Hall–Kier alpha value is -1.83. The maximum absolute atomic E-state index is 8.82. The van der Waals surface area contributed by atoms with Crippen molar-refractivity contribution >= 4 is 11.6 Å². The molecule has 86 valence electrons. The lowest BCUT2D eigenvalue weighted by atomic mass is 10.4. The third-order valence-corrected chi connectivity index (χ3v) is 2.39. The van der Waals surface area contributed by atoms with Gasteiger partial charge in [-0.1, -0.05) is 0 Å². The Labute approximate surface area is 96.3 Å². The van der Waals surface area contributed by atoms with Crippen LogP contribution in [0.1, 0.15) is 19.7 Å². The van der Waals surface area contributed by atoms with Crippen molar-refractivity contribution < 1.29 is 0 Å². The van der Waals surface area contributed by atoms with Crippen LogP contribution in [0.4, 0.5) is 11.6 Å². The van der Waals surface area contributed by atoms with Crippen LogP contribution >= 0.6 is 0 Å². The molecule has 0 N–H and O–H groups in total.